The summed E-state index contributed by atoms with van der Waals surface area (Å²) in [5.41, 5.74) is 5.06. The minimum Gasteiger partial charge on any atom is -0.457 e. The number of hydrogen-bond acceptors (Lipinski definition) is 8. The highest BCUT2D eigenvalue weighted by Gasteiger charge is 2.44. The quantitative estimate of drug-likeness (QED) is 0.184. The van der Waals surface area contributed by atoms with Gasteiger partial charge in [0.1, 0.15) is 17.3 Å². The van der Waals surface area contributed by atoms with Gasteiger partial charge in [-0.1, -0.05) is 42.5 Å². The van der Waals surface area contributed by atoms with Gasteiger partial charge in [0.05, 0.1) is 28.6 Å². The topological polar surface area (TPSA) is 98.4 Å². The van der Waals surface area contributed by atoms with Crippen LogP contribution in [0.4, 0.5) is 4.39 Å². The Labute approximate surface area is 251 Å². The second-order valence-electron chi connectivity index (χ2n) is 10.7. The summed E-state index contributed by atoms with van der Waals surface area (Å²) in [7, 11) is 0. The van der Waals surface area contributed by atoms with Crippen LogP contribution in [0.15, 0.2) is 71.1 Å². The molecule has 5 aromatic rings. The third kappa shape index (κ3) is 5.12. The number of carbonyl (C=O) groups is 2. The van der Waals surface area contributed by atoms with Gasteiger partial charge in [0, 0.05) is 23.9 Å². The molecule has 8 nitrogen and oxygen atoms in total. The van der Waals surface area contributed by atoms with Crippen molar-refractivity contribution < 1.29 is 23.1 Å². The van der Waals surface area contributed by atoms with Crippen LogP contribution in [-0.4, -0.2) is 38.5 Å². The number of halogens is 1. The van der Waals surface area contributed by atoms with Gasteiger partial charge in [-0.25, -0.2) is 9.18 Å². The normalized spacial score (nSPS) is 15.5. The number of nitrogens with zero attached hydrogens (tertiary/aromatic N) is 4. The summed E-state index contributed by atoms with van der Waals surface area (Å²) in [5.74, 6) is -0.166. The highest BCUT2D eigenvalue weighted by atomic mass is 32.1. The lowest BCUT2D eigenvalue weighted by Crippen LogP contribution is -2.22. The molecule has 0 bridgehead atoms. The van der Waals surface area contributed by atoms with Crippen molar-refractivity contribution in [2.24, 2.45) is 0 Å². The molecule has 0 aliphatic carbocycles. The number of thiophene rings is 1. The summed E-state index contributed by atoms with van der Waals surface area (Å²) in [4.78, 5) is 35.1. The molecule has 1 atom stereocenters. The van der Waals surface area contributed by atoms with Crippen molar-refractivity contribution in [3.63, 3.8) is 0 Å². The van der Waals surface area contributed by atoms with E-state index in [0.717, 1.165) is 29.7 Å². The van der Waals surface area contributed by atoms with Gasteiger partial charge in [0.25, 0.3) is 5.91 Å². The van der Waals surface area contributed by atoms with Gasteiger partial charge in [-0.15, -0.1) is 21.5 Å². The van der Waals surface area contributed by atoms with Gasteiger partial charge >= 0.3 is 5.97 Å². The molecule has 10 heteroatoms. The number of benzene rings is 2. The average molecular weight is 595 g/mol. The molecule has 7 rings (SSSR count). The van der Waals surface area contributed by atoms with E-state index < -0.39 is 5.97 Å². The highest BCUT2D eigenvalue weighted by molar-refractivity contribution is 7.17. The average Bonchev–Trinajstić information content (AvgIpc) is 3.83. The van der Waals surface area contributed by atoms with Crippen molar-refractivity contribution in [3.05, 3.63) is 111 Å². The Morgan fingerprint density at radius 2 is 1.81 bits per heavy atom. The molecule has 0 N–H and O–H groups in total. The van der Waals surface area contributed by atoms with E-state index in [4.69, 9.17) is 14.1 Å². The molecule has 43 heavy (non-hydrogen) atoms. The van der Waals surface area contributed by atoms with Crippen molar-refractivity contribution >= 4 is 23.2 Å². The molecule has 0 saturated carbocycles. The Balaban J connectivity index is 1.33. The maximum atomic E-state index is 13.9. The van der Waals surface area contributed by atoms with Crippen molar-refractivity contribution in [2.45, 2.75) is 45.3 Å². The first kappa shape index (κ1) is 27.2. The maximum Gasteiger partial charge on any atom is 0.348 e. The highest BCUT2D eigenvalue weighted by Crippen LogP contribution is 2.49. The standard InChI is InChI=1S/C33H27FN4O4S/c1-19-36-37-31(42-19)27-23(14-11-20-9-12-22(34)13-10-20)35-30-24-8-5-17-38(24)32(39)29(30)28(27)25-15-16-26(43-25)33(40)41-18-21-6-3-2-4-7-21/h2-4,6-7,9-10,12-13,15-16,24H,5,8,11,14,17-18H2,1H3/t24-/m0/s1. The Morgan fingerprint density at radius 3 is 2.58 bits per heavy atom. The number of aryl methyl sites for hydroxylation is 3. The van der Waals surface area contributed by atoms with E-state index in [2.05, 4.69) is 10.2 Å². The van der Waals surface area contributed by atoms with Crippen LogP contribution in [0.2, 0.25) is 0 Å². The zero-order chi connectivity index (χ0) is 29.5. The molecule has 2 aliphatic rings. The lowest BCUT2D eigenvalue weighted by molar-refractivity contribution is 0.0478. The number of rotatable bonds is 8. The second-order valence-corrected chi connectivity index (χ2v) is 11.8. The van der Waals surface area contributed by atoms with Gasteiger partial charge in [0.15, 0.2) is 0 Å². The molecule has 216 valence electrons. The van der Waals surface area contributed by atoms with Crippen LogP contribution in [-0.2, 0) is 24.2 Å². The first-order chi connectivity index (χ1) is 21.0. The first-order valence-corrected chi connectivity index (χ1v) is 15.0. The van der Waals surface area contributed by atoms with Crippen molar-refractivity contribution in [1.82, 2.24) is 20.1 Å². The second kappa shape index (κ2) is 11.2. The maximum absolute atomic E-state index is 13.9. The van der Waals surface area contributed by atoms with Crippen molar-refractivity contribution in [3.8, 4) is 21.9 Å². The van der Waals surface area contributed by atoms with E-state index in [1.165, 1.54) is 23.5 Å². The smallest absolute Gasteiger partial charge is 0.348 e. The molecule has 0 radical (unpaired) electrons. The molecule has 2 aliphatic heterocycles. The van der Waals surface area contributed by atoms with Gasteiger partial charge < -0.3 is 14.1 Å². The minimum absolute atomic E-state index is 0.0795. The molecule has 2 aromatic carbocycles. The third-order valence-corrected chi connectivity index (χ3v) is 9.00. The van der Waals surface area contributed by atoms with Crippen molar-refractivity contribution in [1.29, 1.82) is 0 Å². The van der Waals surface area contributed by atoms with Crippen LogP contribution in [0.5, 0.6) is 0 Å². The fraction of sp³-hybridized carbons (Fsp3) is 0.242. The number of aromatic nitrogens is 3. The number of ether oxygens (including phenoxy) is 1. The predicted octanol–water partition coefficient (Wildman–Crippen LogP) is 6.74. The molecule has 1 fully saturated rings. The number of pyridine rings is 1. The van der Waals surface area contributed by atoms with Crippen LogP contribution >= 0.6 is 11.3 Å². The Kier molecular flexibility index (Phi) is 7.06. The third-order valence-electron chi connectivity index (χ3n) is 7.91. The van der Waals surface area contributed by atoms with Crippen LogP contribution in [0.25, 0.3) is 21.9 Å². The predicted molar refractivity (Wildman–Crippen MR) is 158 cm³/mol. The molecule has 0 unspecified atom stereocenters. The summed E-state index contributed by atoms with van der Waals surface area (Å²) in [6.45, 7) is 2.54. The molecule has 5 heterocycles. The number of amides is 1. The number of carbonyl (C=O) groups excluding carboxylic acids is 2. The lowest BCUT2D eigenvalue weighted by Gasteiger charge is -2.16. The summed E-state index contributed by atoms with van der Waals surface area (Å²) in [6.07, 6.45) is 2.85. The summed E-state index contributed by atoms with van der Waals surface area (Å²) in [6, 6.07) is 19.4. The molecular formula is C33H27FN4O4S. The number of esters is 1. The first-order valence-electron chi connectivity index (χ1n) is 14.2. The van der Waals surface area contributed by atoms with Gasteiger partial charge in [0.2, 0.25) is 11.8 Å². The summed E-state index contributed by atoms with van der Waals surface area (Å²) >= 11 is 1.26. The van der Waals surface area contributed by atoms with E-state index in [1.54, 1.807) is 25.1 Å². The lowest BCUT2D eigenvalue weighted by atomic mass is 9.93. The van der Waals surface area contributed by atoms with E-state index in [-0.39, 0.29) is 30.3 Å². The number of hydrogen-bond donors (Lipinski definition) is 0. The Hall–Kier alpha value is -4.70. The zero-order valence-corrected chi connectivity index (χ0v) is 24.2. The fourth-order valence-electron chi connectivity index (χ4n) is 5.90. The Bertz CT molecular complexity index is 1830. The monoisotopic (exact) mass is 594 g/mol. The molecule has 1 amide bonds. The zero-order valence-electron chi connectivity index (χ0n) is 23.4. The van der Waals surface area contributed by atoms with Gasteiger partial charge in [-0.2, -0.15) is 0 Å². The summed E-state index contributed by atoms with van der Waals surface area (Å²) in [5, 5.41) is 8.41. The van der Waals surface area contributed by atoms with Crippen LogP contribution in [0.1, 0.15) is 67.3 Å². The van der Waals surface area contributed by atoms with Gasteiger partial charge in [-0.05, 0) is 61.1 Å². The number of fused-ring (bicyclic) bond motifs is 3. The van der Waals surface area contributed by atoms with E-state index in [1.807, 2.05) is 41.3 Å². The molecule has 0 spiro atoms. The summed E-state index contributed by atoms with van der Waals surface area (Å²) < 4.78 is 25.1. The van der Waals surface area contributed by atoms with Crippen LogP contribution < -0.4 is 0 Å². The van der Waals surface area contributed by atoms with Crippen molar-refractivity contribution in [2.75, 3.05) is 6.54 Å². The van der Waals surface area contributed by atoms with E-state index in [0.29, 0.717) is 57.4 Å². The molecule has 3 aromatic heterocycles. The van der Waals surface area contributed by atoms with Crippen LogP contribution in [0, 0.1) is 12.7 Å². The van der Waals surface area contributed by atoms with Crippen LogP contribution in [0.3, 0.4) is 0 Å². The van der Waals surface area contributed by atoms with E-state index >= 15 is 0 Å². The van der Waals surface area contributed by atoms with Gasteiger partial charge in [-0.3, -0.25) is 9.78 Å². The molecular weight excluding hydrogens is 567 g/mol. The SMILES string of the molecule is Cc1nnc(-c2c(CCc3ccc(F)cc3)nc3c(c2-c2ccc(C(=O)OCc4ccccc4)s2)C(=O)N2CCC[C@@H]32)o1. The largest absolute Gasteiger partial charge is 0.457 e. The Morgan fingerprint density at radius 1 is 1.00 bits per heavy atom. The minimum atomic E-state index is -0.440. The molecule has 1 saturated heterocycles. The fourth-order valence-corrected chi connectivity index (χ4v) is 6.85. The van der Waals surface area contributed by atoms with E-state index in [9.17, 15) is 14.0 Å².